The molecule has 0 aliphatic heterocycles. The second kappa shape index (κ2) is 10.3. The Morgan fingerprint density at radius 2 is 1.63 bits per heavy atom. The zero-order valence-electron chi connectivity index (χ0n) is 19.6. The van der Waals surface area contributed by atoms with Crippen LogP contribution in [0, 0.1) is 11.6 Å². The van der Waals surface area contributed by atoms with Crippen molar-refractivity contribution in [2.24, 2.45) is 0 Å². The van der Waals surface area contributed by atoms with Crippen molar-refractivity contribution in [1.29, 1.82) is 0 Å². The highest BCUT2D eigenvalue weighted by atomic mass is 32.1. The predicted octanol–water partition coefficient (Wildman–Crippen LogP) is 5.71. The van der Waals surface area contributed by atoms with Gasteiger partial charge in [0.1, 0.15) is 36.2 Å². The molecule has 192 valence electrons. The number of hydrogen-bond acceptors (Lipinski definition) is 7. The molecule has 5 aromatic rings. The lowest BCUT2D eigenvalue weighted by atomic mass is 10.1. The third kappa shape index (κ3) is 5.07. The van der Waals surface area contributed by atoms with Gasteiger partial charge in [-0.15, -0.1) is 0 Å². The molecule has 0 spiro atoms. The van der Waals surface area contributed by atoms with Crippen LogP contribution in [0.3, 0.4) is 0 Å². The SMILES string of the molecule is C=C(c1ccc(OCCOc2c(-c3ccc(F)cc3)oc3ccc(F)cc3c2=O)cc1)c1sc(=O)[nH]c1O. The Morgan fingerprint density at radius 3 is 2.32 bits per heavy atom. The predicted molar refractivity (Wildman–Crippen MR) is 140 cm³/mol. The first-order valence-corrected chi connectivity index (χ1v) is 12.1. The summed E-state index contributed by atoms with van der Waals surface area (Å²) in [6.07, 6.45) is 0. The van der Waals surface area contributed by atoms with E-state index in [0.29, 0.717) is 27.3 Å². The van der Waals surface area contributed by atoms with Gasteiger partial charge in [0.2, 0.25) is 17.1 Å². The third-order valence-corrected chi connectivity index (χ3v) is 6.55. The molecule has 3 aromatic carbocycles. The maximum absolute atomic E-state index is 13.8. The maximum atomic E-state index is 13.8. The van der Waals surface area contributed by atoms with Crippen molar-refractivity contribution < 1.29 is 27.8 Å². The molecule has 0 saturated heterocycles. The van der Waals surface area contributed by atoms with Gasteiger partial charge < -0.3 is 19.0 Å². The maximum Gasteiger partial charge on any atom is 0.307 e. The molecule has 0 bridgehead atoms. The number of fused-ring (bicyclic) bond motifs is 1. The standard InChI is InChI=1S/C28H19F2NO6S/c1-15(26-27(33)31-28(34)38-26)16-4-9-20(10-5-16)35-12-13-36-25-23(32)21-14-19(30)8-11-22(21)37-24(25)17-2-6-18(29)7-3-17/h2-11,14,33H,1,12-13H2,(H,31,34). The van der Waals surface area contributed by atoms with Crippen molar-refractivity contribution in [1.82, 2.24) is 4.98 Å². The van der Waals surface area contributed by atoms with Crippen LogP contribution in [0.5, 0.6) is 17.4 Å². The average molecular weight is 536 g/mol. The molecule has 38 heavy (non-hydrogen) atoms. The molecule has 0 unspecified atom stereocenters. The van der Waals surface area contributed by atoms with Gasteiger partial charge in [0, 0.05) is 5.56 Å². The summed E-state index contributed by atoms with van der Waals surface area (Å²) in [5.41, 5.74) is 1.18. The Kier molecular flexibility index (Phi) is 6.80. The fraction of sp³-hybridized carbons (Fsp3) is 0.0714. The summed E-state index contributed by atoms with van der Waals surface area (Å²) in [6.45, 7) is 3.95. The van der Waals surface area contributed by atoms with E-state index in [1.165, 1.54) is 36.4 Å². The smallest absolute Gasteiger partial charge is 0.307 e. The van der Waals surface area contributed by atoms with Crippen LogP contribution < -0.4 is 19.8 Å². The highest BCUT2D eigenvalue weighted by molar-refractivity contribution is 7.10. The molecule has 0 aliphatic carbocycles. The minimum atomic E-state index is -0.597. The van der Waals surface area contributed by atoms with Crippen molar-refractivity contribution >= 4 is 27.9 Å². The number of aromatic hydroxyl groups is 1. The largest absolute Gasteiger partial charge is 0.493 e. The Bertz CT molecular complexity index is 1750. The topological polar surface area (TPSA) is 102 Å². The molecule has 0 aliphatic rings. The lowest BCUT2D eigenvalue weighted by Crippen LogP contribution is -2.15. The number of H-pyrrole nitrogens is 1. The Hall–Kier alpha value is -4.70. The zero-order chi connectivity index (χ0) is 26.8. The molecule has 0 saturated carbocycles. The number of aromatic nitrogens is 1. The van der Waals surface area contributed by atoms with Crippen molar-refractivity contribution in [3.63, 3.8) is 0 Å². The van der Waals surface area contributed by atoms with E-state index >= 15 is 0 Å². The van der Waals surface area contributed by atoms with Gasteiger partial charge in [-0.05, 0) is 65.7 Å². The molecule has 0 radical (unpaired) electrons. The minimum Gasteiger partial charge on any atom is -0.493 e. The van der Waals surface area contributed by atoms with Gasteiger partial charge in [-0.3, -0.25) is 14.6 Å². The fourth-order valence-electron chi connectivity index (χ4n) is 3.78. The first-order chi connectivity index (χ1) is 18.3. The number of thiazole rings is 1. The summed E-state index contributed by atoms with van der Waals surface area (Å²) in [5.74, 6) is -0.834. The molecule has 10 heteroatoms. The van der Waals surface area contributed by atoms with E-state index in [1.54, 1.807) is 24.3 Å². The number of rotatable bonds is 8. The van der Waals surface area contributed by atoms with E-state index in [1.807, 2.05) is 0 Å². The number of aromatic amines is 1. The summed E-state index contributed by atoms with van der Waals surface area (Å²) < 4.78 is 44.5. The van der Waals surface area contributed by atoms with E-state index < -0.39 is 17.1 Å². The normalized spacial score (nSPS) is 11.0. The quantitative estimate of drug-likeness (QED) is 0.247. The molecule has 0 fully saturated rings. The molecule has 7 nitrogen and oxygen atoms in total. The second-order valence-electron chi connectivity index (χ2n) is 8.13. The van der Waals surface area contributed by atoms with Crippen LogP contribution in [0.2, 0.25) is 0 Å². The summed E-state index contributed by atoms with van der Waals surface area (Å²) in [5, 5.41) is 9.86. The van der Waals surface area contributed by atoms with Crippen LogP contribution >= 0.6 is 11.3 Å². The van der Waals surface area contributed by atoms with Gasteiger partial charge in [-0.2, -0.15) is 0 Å². The molecular formula is C28H19F2NO6S. The number of ether oxygens (including phenoxy) is 2. The Labute approximate surface area is 217 Å². The molecule has 2 N–H and O–H groups in total. The van der Waals surface area contributed by atoms with E-state index in [2.05, 4.69) is 11.6 Å². The fourth-order valence-corrected chi connectivity index (χ4v) is 4.51. The van der Waals surface area contributed by atoms with Crippen LogP contribution in [0.25, 0.3) is 27.9 Å². The number of halogens is 2. The number of hydrogen-bond donors (Lipinski definition) is 2. The molecule has 0 amide bonds. The van der Waals surface area contributed by atoms with Crippen LogP contribution in [0.4, 0.5) is 8.78 Å². The number of nitrogens with one attached hydrogen (secondary N) is 1. The van der Waals surface area contributed by atoms with Crippen LogP contribution in [-0.4, -0.2) is 23.3 Å². The highest BCUT2D eigenvalue weighted by Crippen LogP contribution is 2.32. The first-order valence-electron chi connectivity index (χ1n) is 11.3. The molecule has 2 heterocycles. The van der Waals surface area contributed by atoms with Gasteiger partial charge in [0.25, 0.3) is 0 Å². The highest BCUT2D eigenvalue weighted by Gasteiger charge is 2.19. The van der Waals surface area contributed by atoms with Gasteiger partial charge in [0.05, 0.1) is 10.3 Å². The van der Waals surface area contributed by atoms with E-state index in [-0.39, 0.29) is 46.4 Å². The third-order valence-electron chi connectivity index (χ3n) is 5.62. The van der Waals surface area contributed by atoms with Crippen molar-refractivity contribution in [3.8, 4) is 28.7 Å². The zero-order valence-corrected chi connectivity index (χ0v) is 20.4. The van der Waals surface area contributed by atoms with Crippen LogP contribution in [0.1, 0.15) is 10.4 Å². The average Bonchev–Trinajstić information content (AvgIpc) is 3.26. The van der Waals surface area contributed by atoms with Crippen LogP contribution in [0.15, 0.2) is 87.3 Å². The monoisotopic (exact) mass is 535 g/mol. The molecule has 0 atom stereocenters. The van der Waals surface area contributed by atoms with E-state index in [9.17, 15) is 23.5 Å². The van der Waals surface area contributed by atoms with Gasteiger partial charge >= 0.3 is 4.87 Å². The number of benzene rings is 3. The van der Waals surface area contributed by atoms with Gasteiger partial charge in [-0.1, -0.05) is 30.0 Å². The lowest BCUT2D eigenvalue weighted by Gasteiger charge is -2.13. The molecule has 2 aromatic heterocycles. The summed E-state index contributed by atoms with van der Waals surface area (Å²) >= 11 is 0.858. The lowest BCUT2D eigenvalue weighted by molar-refractivity contribution is 0.214. The van der Waals surface area contributed by atoms with Gasteiger partial charge in [-0.25, -0.2) is 8.78 Å². The second-order valence-corrected chi connectivity index (χ2v) is 9.11. The van der Waals surface area contributed by atoms with Gasteiger partial charge in [0.15, 0.2) is 5.76 Å². The van der Waals surface area contributed by atoms with E-state index in [0.717, 1.165) is 17.4 Å². The van der Waals surface area contributed by atoms with E-state index in [4.69, 9.17) is 13.9 Å². The van der Waals surface area contributed by atoms with Crippen molar-refractivity contribution in [3.05, 3.63) is 115 Å². The van der Waals surface area contributed by atoms with Crippen molar-refractivity contribution in [2.45, 2.75) is 0 Å². The molecule has 5 rings (SSSR count). The summed E-state index contributed by atoms with van der Waals surface area (Å²) in [6, 6.07) is 15.8. The van der Waals surface area contributed by atoms with Crippen molar-refractivity contribution in [2.75, 3.05) is 13.2 Å². The van der Waals surface area contributed by atoms with Crippen LogP contribution in [-0.2, 0) is 0 Å². The Balaban J connectivity index is 1.31. The summed E-state index contributed by atoms with van der Waals surface area (Å²) in [4.78, 5) is 26.8. The summed E-state index contributed by atoms with van der Waals surface area (Å²) in [7, 11) is 0. The first kappa shape index (κ1) is 25.0. The Morgan fingerprint density at radius 1 is 0.947 bits per heavy atom. The minimum absolute atomic E-state index is 0.0149. The molecular weight excluding hydrogens is 516 g/mol.